The maximum atomic E-state index is 4.19. The number of aliphatic imine (C=N–C) groups is 1. The molecule has 0 fully saturated rings. The summed E-state index contributed by atoms with van der Waals surface area (Å²) in [7, 11) is -1.11. The minimum atomic E-state index is -1.11. The standard InChI is InChI=1S/C10H11NSi.C9H7.2ClH.Zr/c1-6-9-7-4-11-5-8(7)10(6)12(9,2)3;1-2-5-9-7-3-6-8(9)4-1;;;/h4-5H,1-3H3;1-7H;2*1H;/q;;;;+2/p-2. The Kier molecular flexibility index (Phi) is 5.82. The third-order valence-electron chi connectivity index (χ3n) is 5.04. The van der Waals surface area contributed by atoms with Gasteiger partial charge in [0.05, 0.1) is 0 Å². The molecule has 0 N–H and O–H groups in total. The van der Waals surface area contributed by atoms with Gasteiger partial charge in [0.2, 0.25) is 0 Å². The number of rotatable bonds is 0. The van der Waals surface area contributed by atoms with E-state index in [0.717, 1.165) is 0 Å². The van der Waals surface area contributed by atoms with Crippen LogP contribution in [0.3, 0.4) is 0 Å². The zero-order chi connectivity index (χ0) is 15.5. The second-order valence-electron chi connectivity index (χ2n) is 6.70. The van der Waals surface area contributed by atoms with Crippen molar-refractivity contribution in [3.63, 3.8) is 0 Å². The molecule has 1 aromatic rings. The summed E-state index contributed by atoms with van der Waals surface area (Å²) in [5.41, 5.74) is 7.35. The molecule has 3 aliphatic heterocycles. The van der Waals surface area contributed by atoms with E-state index in [4.69, 9.17) is 0 Å². The van der Waals surface area contributed by atoms with Gasteiger partial charge in [0, 0.05) is 23.6 Å². The Hall–Kier alpha value is -0.470. The van der Waals surface area contributed by atoms with Crippen LogP contribution in [-0.2, 0) is 24.7 Å². The van der Waals surface area contributed by atoms with Gasteiger partial charge >= 0.3 is 75.9 Å². The zero-order valence-corrected chi connectivity index (χ0v) is 18.9. The molecular formula is C19H18Cl2NSiZr. The number of hydrogen-bond donors (Lipinski definition) is 0. The maximum absolute atomic E-state index is 4.19. The van der Waals surface area contributed by atoms with Gasteiger partial charge < -0.3 is 24.8 Å². The molecular weight excluding hydrogens is 432 g/mol. The van der Waals surface area contributed by atoms with E-state index < -0.39 is 8.07 Å². The Morgan fingerprint density at radius 3 is 2.42 bits per heavy atom. The first kappa shape index (κ1) is 19.8. The van der Waals surface area contributed by atoms with Crippen molar-refractivity contribution < 1.29 is 49.5 Å². The van der Waals surface area contributed by atoms with E-state index in [1.807, 2.05) is 12.4 Å². The Bertz CT molecular complexity index is 847. The SMILES string of the molecule is CC1=C2C3=CN=CC3=C1[Si]2(C)C.[Cl-].[Cl-].[Zr+2][CH]1C=Cc2ccccc21. The Labute approximate surface area is 172 Å². The molecule has 0 spiro atoms. The van der Waals surface area contributed by atoms with E-state index in [1.165, 1.54) is 22.3 Å². The van der Waals surface area contributed by atoms with Crippen molar-refractivity contribution in [2.45, 2.75) is 23.6 Å². The summed E-state index contributed by atoms with van der Waals surface area (Å²) < 4.78 is 0.711. The van der Waals surface area contributed by atoms with Crippen molar-refractivity contribution in [2.75, 3.05) is 0 Å². The van der Waals surface area contributed by atoms with Gasteiger partial charge in [0.1, 0.15) is 8.07 Å². The molecule has 3 heterocycles. The molecule has 121 valence electrons. The van der Waals surface area contributed by atoms with Crippen molar-refractivity contribution in [3.05, 3.63) is 74.8 Å². The summed E-state index contributed by atoms with van der Waals surface area (Å²) in [5.74, 6) is 0. The number of benzene rings is 1. The zero-order valence-electron chi connectivity index (χ0n) is 13.9. The van der Waals surface area contributed by atoms with Crippen molar-refractivity contribution in [1.29, 1.82) is 0 Å². The van der Waals surface area contributed by atoms with E-state index in [2.05, 4.69) is 61.4 Å². The van der Waals surface area contributed by atoms with Crippen LogP contribution in [0, 0.1) is 0 Å². The van der Waals surface area contributed by atoms with Crippen LogP contribution in [0.5, 0.6) is 0 Å². The van der Waals surface area contributed by atoms with Crippen molar-refractivity contribution >= 4 is 20.4 Å². The van der Waals surface area contributed by atoms with E-state index in [-0.39, 0.29) is 24.8 Å². The quantitative estimate of drug-likeness (QED) is 0.436. The molecule has 6 rings (SSSR count). The van der Waals surface area contributed by atoms with Gasteiger partial charge in [-0.15, -0.1) is 0 Å². The molecule has 24 heavy (non-hydrogen) atoms. The Morgan fingerprint density at radius 2 is 1.79 bits per heavy atom. The van der Waals surface area contributed by atoms with E-state index >= 15 is 0 Å². The third-order valence-corrected chi connectivity index (χ3v) is 10.1. The first-order valence-electron chi connectivity index (χ1n) is 7.70. The van der Waals surface area contributed by atoms with Gasteiger partial charge in [-0.05, 0) is 17.3 Å². The molecule has 1 atom stereocenters. The fourth-order valence-corrected chi connectivity index (χ4v) is 8.99. The van der Waals surface area contributed by atoms with E-state index in [0.29, 0.717) is 3.63 Å². The topological polar surface area (TPSA) is 12.4 Å². The summed E-state index contributed by atoms with van der Waals surface area (Å²) >= 11 is 1.59. The Morgan fingerprint density at radius 1 is 1.08 bits per heavy atom. The summed E-state index contributed by atoms with van der Waals surface area (Å²) in [5, 5.41) is 3.31. The van der Waals surface area contributed by atoms with Crippen LogP contribution >= 0.6 is 0 Å². The van der Waals surface area contributed by atoms with Gasteiger partial charge in [-0.1, -0.05) is 18.7 Å². The van der Waals surface area contributed by atoms with Crippen LogP contribution in [0.25, 0.3) is 6.08 Å². The Balaban J connectivity index is 0.000000163. The molecule has 1 aromatic carbocycles. The molecule has 0 saturated carbocycles. The summed E-state index contributed by atoms with van der Waals surface area (Å²) in [6, 6.07) is 8.60. The molecule has 0 aromatic heterocycles. The average molecular weight is 451 g/mol. The molecule has 5 aliphatic rings. The monoisotopic (exact) mass is 448 g/mol. The number of fused-ring (bicyclic) bond motifs is 1. The molecule has 2 aliphatic carbocycles. The van der Waals surface area contributed by atoms with Crippen molar-refractivity contribution in [2.24, 2.45) is 4.99 Å². The number of halogens is 2. The van der Waals surface area contributed by atoms with E-state index in [1.54, 1.807) is 40.7 Å². The molecule has 0 radical (unpaired) electrons. The van der Waals surface area contributed by atoms with Crippen LogP contribution in [0.1, 0.15) is 21.7 Å². The fourth-order valence-electron chi connectivity index (χ4n) is 4.18. The second kappa shape index (κ2) is 7.03. The van der Waals surface area contributed by atoms with Crippen molar-refractivity contribution in [1.82, 2.24) is 0 Å². The van der Waals surface area contributed by atoms with Gasteiger partial charge in [0.25, 0.3) is 0 Å². The van der Waals surface area contributed by atoms with Crippen LogP contribution in [0.4, 0.5) is 0 Å². The molecule has 1 nitrogen and oxygen atoms in total. The third kappa shape index (κ3) is 2.74. The summed E-state index contributed by atoms with van der Waals surface area (Å²) in [6.07, 6.45) is 8.56. The molecule has 0 amide bonds. The predicted octanol–water partition coefficient (Wildman–Crippen LogP) is -1.31. The summed E-state index contributed by atoms with van der Waals surface area (Å²) in [6.45, 7) is 7.12. The molecule has 1 unspecified atom stereocenters. The molecule has 2 bridgehead atoms. The van der Waals surface area contributed by atoms with Gasteiger partial charge in [-0.2, -0.15) is 0 Å². The number of allylic oxidation sites excluding steroid dienone is 6. The van der Waals surface area contributed by atoms with Crippen LogP contribution in [-0.4, -0.2) is 14.3 Å². The van der Waals surface area contributed by atoms with Gasteiger partial charge in [-0.25, -0.2) is 0 Å². The van der Waals surface area contributed by atoms with Gasteiger partial charge in [0.15, 0.2) is 0 Å². The second-order valence-corrected chi connectivity index (χ2v) is 12.5. The first-order chi connectivity index (χ1) is 10.5. The van der Waals surface area contributed by atoms with Crippen molar-refractivity contribution in [3.8, 4) is 0 Å². The average Bonchev–Trinajstić information content (AvgIpc) is 3.18. The van der Waals surface area contributed by atoms with Gasteiger partial charge in [-0.3, -0.25) is 4.99 Å². The summed E-state index contributed by atoms with van der Waals surface area (Å²) in [4.78, 5) is 4.19. The van der Waals surface area contributed by atoms with E-state index in [9.17, 15) is 0 Å². The first-order valence-corrected chi connectivity index (χ1v) is 12.1. The fraction of sp³-hybridized carbons (Fsp3) is 0.211. The van der Waals surface area contributed by atoms with Crippen LogP contribution < -0.4 is 24.8 Å². The normalized spacial score (nSPS) is 22.7. The minimum absolute atomic E-state index is 0. The van der Waals surface area contributed by atoms with Crippen LogP contribution in [0.15, 0.2) is 68.6 Å². The number of hydrogen-bond acceptors (Lipinski definition) is 1. The predicted molar refractivity (Wildman–Crippen MR) is 92.0 cm³/mol. The number of nitrogens with zero attached hydrogens (tertiary/aromatic N) is 1. The van der Waals surface area contributed by atoms with Crippen LogP contribution in [0.2, 0.25) is 13.1 Å². The molecule has 5 heteroatoms. The molecule has 0 saturated heterocycles.